The highest BCUT2D eigenvalue weighted by Crippen LogP contribution is 2.42. The van der Waals surface area contributed by atoms with Crippen LogP contribution in [0.2, 0.25) is 0 Å². The van der Waals surface area contributed by atoms with E-state index in [0.29, 0.717) is 5.75 Å². The molecule has 0 fully saturated rings. The van der Waals surface area contributed by atoms with Gasteiger partial charge in [0.2, 0.25) is 10.0 Å². The molecule has 0 bridgehead atoms. The molecule has 1 aliphatic rings. The molecule has 3 aromatic rings. The Labute approximate surface area is 172 Å². The first kappa shape index (κ1) is 21.0. The molecule has 0 unspecified atom stereocenters. The van der Waals surface area contributed by atoms with Gasteiger partial charge >= 0.3 is 0 Å². The zero-order chi connectivity index (χ0) is 22.1. The highest BCUT2D eigenvalue weighted by atomic mass is 32.2. The van der Waals surface area contributed by atoms with Crippen molar-refractivity contribution in [3.63, 3.8) is 0 Å². The van der Waals surface area contributed by atoms with E-state index in [9.17, 15) is 23.1 Å². The Kier molecular flexibility index (Phi) is 5.59. The van der Waals surface area contributed by atoms with Gasteiger partial charge in [-0.3, -0.25) is 9.59 Å². The molecule has 154 valence electrons. The van der Waals surface area contributed by atoms with E-state index in [1.807, 2.05) is 6.07 Å². The number of hydrogen-bond donors (Lipinski definition) is 3. The number of phenols is 1. The van der Waals surface area contributed by atoms with E-state index >= 15 is 0 Å². The number of rotatable bonds is 2. The van der Waals surface area contributed by atoms with Crippen molar-refractivity contribution >= 4 is 27.3 Å². The number of nitrogens with two attached hydrogens (primary N) is 2. The monoisotopic (exact) mass is 426 g/mol. The van der Waals surface area contributed by atoms with Crippen LogP contribution in [0.25, 0.3) is 0 Å². The van der Waals surface area contributed by atoms with Crippen LogP contribution in [0.1, 0.15) is 31.8 Å². The molecule has 0 spiro atoms. The highest BCUT2D eigenvalue weighted by Gasteiger charge is 2.35. The Bertz CT molecular complexity index is 1250. The first-order valence-corrected chi connectivity index (χ1v) is 10.6. The van der Waals surface area contributed by atoms with Gasteiger partial charge in [0.15, 0.2) is 17.3 Å². The number of nitrogen functional groups attached to an aromatic ring is 1. The number of benzene rings is 3. The SMILES string of the molecule is CS(N)(=O)=O.Nc1c(Oc2ccccc2)cc(O)c2c1C(=O)c1ccccc1C2=O. The van der Waals surface area contributed by atoms with Crippen molar-refractivity contribution in [1.29, 1.82) is 0 Å². The van der Waals surface area contributed by atoms with Gasteiger partial charge in [0, 0.05) is 17.2 Å². The van der Waals surface area contributed by atoms with Gasteiger partial charge in [-0.25, -0.2) is 13.6 Å². The van der Waals surface area contributed by atoms with E-state index in [1.54, 1.807) is 48.5 Å². The van der Waals surface area contributed by atoms with E-state index in [2.05, 4.69) is 5.14 Å². The maximum atomic E-state index is 12.8. The second kappa shape index (κ2) is 7.97. The van der Waals surface area contributed by atoms with Crippen LogP contribution in [0.4, 0.5) is 5.69 Å². The summed E-state index contributed by atoms with van der Waals surface area (Å²) in [4.78, 5) is 25.5. The second-order valence-electron chi connectivity index (χ2n) is 6.51. The number of fused-ring (bicyclic) bond motifs is 2. The Hall–Kier alpha value is -3.69. The molecule has 0 atom stereocenters. The molecule has 4 rings (SSSR count). The van der Waals surface area contributed by atoms with E-state index in [-0.39, 0.29) is 39.4 Å². The fourth-order valence-corrected chi connectivity index (χ4v) is 2.97. The van der Waals surface area contributed by atoms with Crippen LogP contribution in [0.15, 0.2) is 60.7 Å². The number of ketones is 2. The van der Waals surface area contributed by atoms with E-state index < -0.39 is 21.6 Å². The molecule has 30 heavy (non-hydrogen) atoms. The molecule has 3 aromatic carbocycles. The van der Waals surface area contributed by atoms with Gasteiger partial charge in [-0.1, -0.05) is 42.5 Å². The smallest absolute Gasteiger partial charge is 0.206 e. The molecule has 0 aliphatic heterocycles. The van der Waals surface area contributed by atoms with E-state index in [1.165, 1.54) is 6.07 Å². The average molecular weight is 426 g/mol. The van der Waals surface area contributed by atoms with Crippen LogP contribution in [-0.2, 0) is 10.0 Å². The molecule has 0 amide bonds. The van der Waals surface area contributed by atoms with Crippen LogP contribution in [0.5, 0.6) is 17.2 Å². The number of carbonyl (C=O) groups is 2. The topological polar surface area (TPSA) is 150 Å². The van der Waals surface area contributed by atoms with Crippen molar-refractivity contribution < 1.29 is 27.9 Å². The van der Waals surface area contributed by atoms with Gasteiger partial charge in [0.25, 0.3) is 0 Å². The maximum absolute atomic E-state index is 12.8. The first-order valence-electron chi connectivity index (χ1n) is 8.62. The molecule has 9 heteroatoms. The third-order valence-electron chi connectivity index (χ3n) is 4.15. The van der Waals surface area contributed by atoms with Crippen LogP contribution in [-0.4, -0.2) is 31.3 Å². The van der Waals surface area contributed by atoms with Crippen molar-refractivity contribution in [1.82, 2.24) is 0 Å². The number of hydrogen-bond acceptors (Lipinski definition) is 7. The summed E-state index contributed by atoms with van der Waals surface area (Å²) in [6, 6.07) is 16.6. The molecule has 0 aromatic heterocycles. The number of para-hydroxylation sites is 1. The lowest BCUT2D eigenvalue weighted by atomic mass is 9.82. The minimum Gasteiger partial charge on any atom is -0.507 e. The van der Waals surface area contributed by atoms with Crippen molar-refractivity contribution in [3.8, 4) is 17.2 Å². The lowest BCUT2D eigenvalue weighted by Crippen LogP contribution is -2.22. The molecule has 5 N–H and O–H groups in total. The van der Waals surface area contributed by atoms with Gasteiger partial charge in [-0.15, -0.1) is 0 Å². The van der Waals surface area contributed by atoms with Crippen molar-refractivity contribution in [3.05, 3.63) is 82.9 Å². The van der Waals surface area contributed by atoms with Crippen LogP contribution in [0.3, 0.4) is 0 Å². The van der Waals surface area contributed by atoms with Crippen LogP contribution >= 0.6 is 0 Å². The van der Waals surface area contributed by atoms with Gasteiger partial charge in [-0.05, 0) is 12.1 Å². The number of sulfonamides is 1. The van der Waals surface area contributed by atoms with Gasteiger partial charge in [-0.2, -0.15) is 0 Å². The minimum absolute atomic E-state index is 0.0189. The van der Waals surface area contributed by atoms with Crippen LogP contribution in [0, 0.1) is 0 Å². The molecule has 0 radical (unpaired) electrons. The van der Waals surface area contributed by atoms with Gasteiger partial charge in [0.1, 0.15) is 11.5 Å². The molecular formula is C21H18N2O6S. The lowest BCUT2D eigenvalue weighted by molar-refractivity contribution is 0.0977. The van der Waals surface area contributed by atoms with E-state index in [4.69, 9.17) is 10.5 Å². The Morgan fingerprint density at radius 1 is 0.867 bits per heavy atom. The average Bonchev–Trinajstić information content (AvgIpc) is 2.68. The molecule has 8 nitrogen and oxygen atoms in total. The Morgan fingerprint density at radius 3 is 1.87 bits per heavy atom. The summed E-state index contributed by atoms with van der Waals surface area (Å²) >= 11 is 0. The quantitative estimate of drug-likeness (QED) is 0.329. The zero-order valence-corrected chi connectivity index (χ0v) is 16.6. The number of ether oxygens (including phenoxy) is 1. The van der Waals surface area contributed by atoms with Crippen molar-refractivity contribution in [2.24, 2.45) is 5.14 Å². The summed E-state index contributed by atoms with van der Waals surface area (Å²) in [5.41, 5.74) is 6.58. The largest absolute Gasteiger partial charge is 0.507 e. The fraction of sp³-hybridized carbons (Fsp3) is 0.0476. The number of anilines is 1. The Morgan fingerprint density at radius 2 is 1.33 bits per heavy atom. The lowest BCUT2D eigenvalue weighted by Gasteiger charge is -2.21. The summed E-state index contributed by atoms with van der Waals surface area (Å²) in [6.07, 6.45) is 0.938. The van der Waals surface area contributed by atoms with Gasteiger partial charge < -0.3 is 15.6 Å². The number of phenolic OH excluding ortho intramolecular Hbond substituents is 1. The number of aromatic hydroxyl groups is 1. The third-order valence-corrected chi connectivity index (χ3v) is 4.15. The number of carbonyl (C=O) groups excluding carboxylic acids is 2. The van der Waals surface area contributed by atoms with Crippen LogP contribution < -0.4 is 15.6 Å². The maximum Gasteiger partial charge on any atom is 0.206 e. The van der Waals surface area contributed by atoms with Gasteiger partial charge in [0.05, 0.1) is 23.1 Å². The Balaban J connectivity index is 0.000000461. The standard InChI is InChI=1S/C20H13NO4.CH5NO2S/c21-18-15(25-11-6-2-1-3-7-11)10-14(22)16-17(18)20(24)13-9-5-4-8-12(13)19(16)23;1-5(2,3)4/h1-10,22H,21H2;1H3,(H2,2,3,4). The summed E-state index contributed by atoms with van der Waals surface area (Å²) in [5.74, 6) is -0.535. The number of primary sulfonamides is 1. The summed E-state index contributed by atoms with van der Waals surface area (Å²) in [7, 11) is -3.17. The summed E-state index contributed by atoms with van der Waals surface area (Å²) in [6.45, 7) is 0. The predicted molar refractivity (Wildman–Crippen MR) is 111 cm³/mol. The molecule has 0 saturated carbocycles. The summed E-state index contributed by atoms with van der Waals surface area (Å²) < 4.78 is 24.5. The van der Waals surface area contributed by atoms with Crippen molar-refractivity contribution in [2.45, 2.75) is 0 Å². The van der Waals surface area contributed by atoms with E-state index in [0.717, 1.165) is 6.26 Å². The molecule has 0 heterocycles. The summed E-state index contributed by atoms with van der Waals surface area (Å²) in [5, 5.41) is 14.7. The first-order chi connectivity index (χ1) is 14.1. The zero-order valence-electron chi connectivity index (χ0n) is 15.8. The third kappa shape index (κ3) is 4.32. The molecule has 1 aliphatic carbocycles. The minimum atomic E-state index is -3.17. The molecule has 0 saturated heterocycles. The predicted octanol–water partition coefficient (Wildman–Crippen LogP) is 2.45. The highest BCUT2D eigenvalue weighted by molar-refractivity contribution is 7.88. The normalized spacial score (nSPS) is 12.3. The fourth-order valence-electron chi connectivity index (χ4n) is 2.97. The second-order valence-corrected chi connectivity index (χ2v) is 8.17. The molecular weight excluding hydrogens is 408 g/mol. The van der Waals surface area contributed by atoms with Crippen molar-refractivity contribution in [2.75, 3.05) is 12.0 Å².